The predicted octanol–water partition coefficient (Wildman–Crippen LogP) is 4.97. The number of carbonyl (C=O) groups is 1. The molecule has 0 aliphatic rings. The zero-order valence-corrected chi connectivity index (χ0v) is 14.0. The Morgan fingerprint density at radius 3 is 2.48 bits per heavy atom. The minimum absolute atomic E-state index is 0.0557. The average molecular weight is 311 g/mol. The van der Waals surface area contributed by atoms with Crippen LogP contribution in [0.25, 0.3) is 0 Å². The minimum atomic E-state index is -0.0557. The lowest BCUT2D eigenvalue weighted by atomic mass is 10.1. The van der Waals surface area contributed by atoms with Crippen LogP contribution in [0.15, 0.2) is 42.6 Å². The molecule has 0 unspecified atom stereocenters. The molecule has 122 valence electrons. The fourth-order valence-corrected chi connectivity index (χ4v) is 2.41. The summed E-state index contributed by atoms with van der Waals surface area (Å²) in [6.07, 6.45) is 7.78. The molecule has 0 spiro atoms. The van der Waals surface area contributed by atoms with Crippen molar-refractivity contribution in [2.75, 3.05) is 6.61 Å². The first-order chi connectivity index (χ1) is 11.2. The van der Waals surface area contributed by atoms with Gasteiger partial charge in [-0.1, -0.05) is 32.6 Å². The molecule has 2 aromatic rings. The summed E-state index contributed by atoms with van der Waals surface area (Å²) in [7, 11) is 0. The van der Waals surface area contributed by atoms with Crippen LogP contribution in [-0.4, -0.2) is 17.4 Å². The summed E-state index contributed by atoms with van der Waals surface area (Å²) in [6.45, 7) is 4.90. The highest BCUT2D eigenvalue weighted by atomic mass is 16.5. The number of nitrogens with zero attached hydrogens (tertiary/aromatic N) is 1. The number of hydrogen-bond donors (Lipinski definition) is 0. The van der Waals surface area contributed by atoms with Crippen LogP contribution in [0.4, 0.5) is 0 Å². The lowest BCUT2D eigenvalue weighted by Gasteiger charge is -2.07. The van der Waals surface area contributed by atoms with Gasteiger partial charge in [0.15, 0.2) is 0 Å². The summed E-state index contributed by atoms with van der Waals surface area (Å²) in [4.78, 5) is 16.5. The third-order valence-corrected chi connectivity index (χ3v) is 3.78. The highest BCUT2D eigenvalue weighted by Gasteiger charge is 2.10. The van der Waals surface area contributed by atoms with Crippen LogP contribution in [0.2, 0.25) is 0 Å². The molecule has 3 nitrogen and oxygen atoms in total. The smallest absolute Gasteiger partial charge is 0.211 e. The van der Waals surface area contributed by atoms with Crippen molar-refractivity contribution in [1.82, 2.24) is 4.98 Å². The maximum atomic E-state index is 12.4. The molecular weight excluding hydrogens is 286 g/mol. The Hall–Kier alpha value is -2.16. The monoisotopic (exact) mass is 311 g/mol. The summed E-state index contributed by atoms with van der Waals surface area (Å²) < 4.78 is 5.72. The summed E-state index contributed by atoms with van der Waals surface area (Å²) in [5, 5.41) is 0. The Labute approximate surface area is 138 Å². The third-order valence-electron chi connectivity index (χ3n) is 3.78. The SMILES string of the molecule is CCCCCCCOc1ccc(C(=O)c2cc(C)ccn2)cc1. The van der Waals surface area contributed by atoms with Crippen LogP contribution in [0.1, 0.15) is 60.6 Å². The van der Waals surface area contributed by atoms with Gasteiger partial charge in [-0.25, -0.2) is 0 Å². The van der Waals surface area contributed by atoms with Gasteiger partial charge < -0.3 is 4.74 Å². The standard InChI is InChI=1S/C20H25NO2/c1-3-4-5-6-7-14-23-18-10-8-17(9-11-18)20(22)19-15-16(2)12-13-21-19/h8-13,15H,3-7,14H2,1-2H3. The van der Waals surface area contributed by atoms with E-state index in [4.69, 9.17) is 4.74 Å². The molecule has 0 atom stereocenters. The Balaban J connectivity index is 1.85. The topological polar surface area (TPSA) is 39.2 Å². The maximum absolute atomic E-state index is 12.4. The van der Waals surface area contributed by atoms with Crippen molar-refractivity contribution < 1.29 is 9.53 Å². The highest BCUT2D eigenvalue weighted by molar-refractivity contribution is 6.07. The molecule has 0 aliphatic carbocycles. The zero-order chi connectivity index (χ0) is 16.5. The number of hydrogen-bond acceptors (Lipinski definition) is 3. The number of unbranched alkanes of at least 4 members (excludes halogenated alkanes) is 4. The second kappa shape index (κ2) is 9.09. The van der Waals surface area contributed by atoms with Crippen LogP contribution in [0.5, 0.6) is 5.75 Å². The van der Waals surface area contributed by atoms with Crippen LogP contribution in [0, 0.1) is 6.92 Å². The summed E-state index contributed by atoms with van der Waals surface area (Å²) >= 11 is 0. The van der Waals surface area contributed by atoms with Gasteiger partial charge in [0.25, 0.3) is 0 Å². The molecule has 0 N–H and O–H groups in total. The first kappa shape index (κ1) is 17.2. The molecule has 0 amide bonds. The number of aromatic nitrogens is 1. The summed E-state index contributed by atoms with van der Waals surface area (Å²) in [5.74, 6) is 0.758. The molecule has 0 saturated heterocycles. The Morgan fingerprint density at radius 2 is 1.78 bits per heavy atom. The van der Waals surface area contributed by atoms with Gasteiger partial charge in [-0.3, -0.25) is 9.78 Å². The van der Waals surface area contributed by atoms with Crippen molar-refractivity contribution >= 4 is 5.78 Å². The van der Waals surface area contributed by atoms with Crippen molar-refractivity contribution in [3.05, 3.63) is 59.4 Å². The maximum Gasteiger partial charge on any atom is 0.211 e. The van der Waals surface area contributed by atoms with E-state index in [9.17, 15) is 4.79 Å². The normalized spacial score (nSPS) is 10.5. The van der Waals surface area contributed by atoms with Crippen molar-refractivity contribution in [2.24, 2.45) is 0 Å². The molecule has 1 aromatic carbocycles. The molecule has 0 bridgehead atoms. The first-order valence-electron chi connectivity index (χ1n) is 8.41. The Kier molecular flexibility index (Phi) is 6.79. The van der Waals surface area contributed by atoms with Crippen molar-refractivity contribution in [3.63, 3.8) is 0 Å². The van der Waals surface area contributed by atoms with E-state index in [0.717, 1.165) is 24.3 Å². The molecular formula is C20H25NO2. The quantitative estimate of drug-likeness (QED) is 0.485. The fraction of sp³-hybridized carbons (Fsp3) is 0.400. The van der Waals surface area contributed by atoms with Gasteiger partial charge in [-0.2, -0.15) is 0 Å². The molecule has 0 fully saturated rings. The van der Waals surface area contributed by atoms with Crippen molar-refractivity contribution in [1.29, 1.82) is 0 Å². The van der Waals surface area contributed by atoms with Gasteiger partial charge in [-0.05, 0) is 55.3 Å². The number of ketones is 1. The first-order valence-corrected chi connectivity index (χ1v) is 8.41. The molecule has 0 radical (unpaired) electrons. The van der Waals surface area contributed by atoms with Gasteiger partial charge in [0.1, 0.15) is 11.4 Å². The van der Waals surface area contributed by atoms with Gasteiger partial charge in [0.05, 0.1) is 6.61 Å². The average Bonchev–Trinajstić information content (AvgIpc) is 2.58. The van der Waals surface area contributed by atoms with E-state index in [-0.39, 0.29) is 5.78 Å². The predicted molar refractivity (Wildman–Crippen MR) is 93.1 cm³/mol. The number of aryl methyl sites for hydroxylation is 1. The van der Waals surface area contributed by atoms with Crippen molar-refractivity contribution in [2.45, 2.75) is 46.0 Å². The van der Waals surface area contributed by atoms with E-state index in [1.165, 1.54) is 25.7 Å². The molecule has 3 heteroatoms. The number of pyridine rings is 1. The Morgan fingerprint density at radius 1 is 1.04 bits per heavy atom. The van der Waals surface area contributed by atoms with E-state index >= 15 is 0 Å². The molecule has 1 aromatic heterocycles. The summed E-state index contributed by atoms with van der Waals surface area (Å²) in [6, 6.07) is 11.0. The van der Waals surface area contributed by atoms with Gasteiger partial charge in [0, 0.05) is 11.8 Å². The number of benzene rings is 1. The number of rotatable bonds is 9. The van der Waals surface area contributed by atoms with E-state index < -0.39 is 0 Å². The van der Waals surface area contributed by atoms with Gasteiger partial charge in [-0.15, -0.1) is 0 Å². The Bertz CT molecular complexity index is 620. The van der Waals surface area contributed by atoms with Crippen LogP contribution in [-0.2, 0) is 0 Å². The van der Waals surface area contributed by atoms with E-state index in [2.05, 4.69) is 11.9 Å². The molecule has 0 saturated carbocycles. The van der Waals surface area contributed by atoms with E-state index in [1.54, 1.807) is 18.3 Å². The largest absolute Gasteiger partial charge is 0.494 e. The van der Waals surface area contributed by atoms with E-state index in [0.29, 0.717) is 11.3 Å². The van der Waals surface area contributed by atoms with Crippen LogP contribution >= 0.6 is 0 Å². The minimum Gasteiger partial charge on any atom is -0.494 e. The molecule has 23 heavy (non-hydrogen) atoms. The second-order valence-corrected chi connectivity index (χ2v) is 5.83. The molecule has 0 aliphatic heterocycles. The van der Waals surface area contributed by atoms with Crippen molar-refractivity contribution in [3.8, 4) is 5.75 Å². The van der Waals surface area contributed by atoms with Gasteiger partial charge >= 0.3 is 0 Å². The lowest BCUT2D eigenvalue weighted by molar-refractivity contribution is 0.103. The zero-order valence-electron chi connectivity index (χ0n) is 14.0. The second-order valence-electron chi connectivity index (χ2n) is 5.83. The fourth-order valence-electron chi connectivity index (χ4n) is 2.41. The van der Waals surface area contributed by atoms with Gasteiger partial charge in [0.2, 0.25) is 5.78 Å². The van der Waals surface area contributed by atoms with E-state index in [1.807, 2.05) is 31.2 Å². The number of carbonyl (C=O) groups excluding carboxylic acids is 1. The van der Waals surface area contributed by atoms with Crippen LogP contribution < -0.4 is 4.74 Å². The third kappa shape index (κ3) is 5.51. The molecule has 1 heterocycles. The highest BCUT2D eigenvalue weighted by Crippen LogP contribution is 2.16. The van der Waals surface area contributed by atoms with Crippen LogP contribution in [0.3, 0.4) is 0 Å². The molecule has 2 rings (SSSR count). The number of ether oxygens (including phenoxy) is 1. The lowest BCUT2D eigenvalue weighted by Crippen LogP contribution is -2.04. The summed E-state index contributed by atoms with van der Waals surface area (Å²) in [5.41, 5.74) is 2.15.